The topological polar surface area (TPSA) is 73.6 Å². The van der Waals surface area contributed by atoms with Crippen LogP contribution in [-0.4, -0.2) is 20.1 Å². The molecule has 1 aliphatic rings. The number of carbonyl (C=O) groups excluding carboxylic acids is 1. The Morgan fingerprint density at radius 2 is 1.67 bits per heavy atom. The molecule has 1 aliphatic carbocycles. The number of rotatable bonds is 7. The Bertz CT molecular complexity index is 1060. The Morgan fingerprint density at radius 1 is 0.933 bits per heavy atom. The maximum atomic E-state index is 13.2. The van der Waals surface area contributed by atoms with Gasteiger partial charge < -0.3 is 20.5 Å². The standard InChI is InChI=1S/C25H26N2O3/c1-29-22-11-10-20(15-23(22)30-2)25(12-13-25)24(28)27-21-5-3-4-19(14-21)18-8-6-17(16-26)7-9-18/h3-11,14-15H,12-13,16,26H2,1-2H3,(H,27,28). The molecule has 4 rings (SSSR count). The minimum atomic E-state index is -0.516. The molecule has 30 heavy (non-hydrogen) atoms. The number of carbonyl (C=O) groups is 1. The van der Waals surface area contributed by atoms with Crippen LogP contribution in [0.5, 0.6) is 11.5 Å². The molecule has 1 saturated carbocycles. The summed E-state index contributed by atoms with van der Waals surface area (Å²) in [7, 11) is 3.21. The first kappa shape index (κ1) is 20.0. The Kier molecular flexibility index (Phi) is 5.46. The summed E-state index contributed by atoms with van der Waals surface area (Å²) in [6.45, 7) is 0.522. The van der Waals surface area contributed by atoms with E-state index in [1.54, 1.807) is 14.2 Å². The molecule has 0 bridgehead atoms. The van der Waals surface area contributed by atoms with Gasteiger partial charge in [0.1, 0.15) is 0 Å². The van der Waals surface area contributed by atoms with E-state index in [4.69, 9.17) is 15.2 Å². The lowest BCUT2D eigenvalue weighted by atomic mass is 9.94. The van der Waals surface area contributed by atoms with E-state index in [0.717, 1.165) is 40.8 Å². The van der Waals surface area contributed by atoms with Crippen molar-refractivity contribution in [1.29, 1.82) is 0 Å². The Labute approximate surface area is 176 Å². The second kappa shape index (κ2) is 8.20. The van der Waals surface area contributed by atoms with E-state index in [-0.39, 0.29) is 5.91 Å². The molecule has 154 valence electrons. The molecule has 0 heterocycles. The zero-order chi connectivity index (χ0) is 21.1. The number of amides is 1. The number of anilines is 1. The summed E-state index contributed by atoms with van der Waals surface area (Å²) in [5, 5.41) is 3.11. The molecule has 5 heteroatoms. The molecule has 1 fully saturated rings. The number of hydrogen-bond acceptors (Lipinski definition) is 4. The van der Waals surface area contributed by atoms with Gasteiger partial charge in [0.2, 0.25) is 5.91 Å². The second-order valence-electron chi connectivity index (χ2n) is 7.59. The highest BCUT2D eigenvalue weighted by Gasteiger charge is 2.51. The highest BCUT2D eigenvalue weighted by atomic mass is 16.5. The highest BCUT2D eigenvalue weighted by molar-refractivity contribution is 6.01. The van der Waals surface area contributed by atoms with Crippen molar-refractivity contribution in [2.75, 3.05) is 19.5 Å². The summed E-state index contributed by atoms with van der Waals surface area (Å²) >= 11 is 0. The van der Waals surface area contributed by atoms with Crippen molar-refractivity contribution in [1.82, 2.24) is 0 Å². The van der Waals surface area contributed by atoms with E-state index in [2.05, 4.69) is 17.4 Å². The van der Waals surface area contributed by atoms with Crippen LogP contribution in [0.15, 0.2) is 66.7 Å². The molecular weight excluding hydrogens is 376 g/mol. The van der Waals surface area contributed by atoms with E-state index in [9.17, 15) is 4.79 Å². The lowest BCUT2D eigenvalue weighted by Crippen LogP contribution is -2.27. The van der Waals surface area contributed by atoms with Crippen molar-refractivity contribution in [3.63, 3.8) is 0 Å². The minimum Gasteiger partial charge on any atom is -0.493 e. The van der Waals surface area contributed by atoms with Crippen LogP contribution in [0.4, 0.5) is 5.69 Å². The third kappa shape index (κ3) is 3.76. The highest BCUT2D eigenvalue weighted by Crippen LogP contribution is 2.50. The third-order valence-corrected chi connectivity index (χ3v) is 5.76. The van der Waals surface area contributed by atoms with E-state index >= 15 is 0 Å². The van der Waals surface area contributed by atoms with Crippen LogP contribution < -0.4 is 20.5 Å². The van der Waals surface area contributed by atoms with Crippen LogP contribution in [0.3, 0.4) is 0 Å². The molecule has 1 amide bonds. The zero-order valence-corrected chi connectivity index (χ0v) is 17.3. The molecule has 0 saturated heterocycles. The molecule has 0 aliphatic heterocycles. The van der Waals surface area contributed by atoms with Gasteiger partial charge in [0, 0.05) is 12.2 Å². The number of nitrogens with one attached hydrogen (secondary N) is 1. The molecule has 0 radical (unpaired) electrons. The van der Waals surface area contributed by atoms with Gasteiger partial charge in [0.05, 0.1) is 19.6 Å². The van der Waals surface area contributed by atoms with Gasteiger partial charge in [-0.2, -0.15) is 0 Å². The van der Waals surface area contributed by atoms with Gasteiger partial charge >= 0.3 is 0 Å². The van der Waals surface area contributed by atoms with E-state index in [1.165, 1.54) is 0 Å². The summed E-state index contributed by atoms with van der Waals surface area (Å²) in [6.07, 6.45) is 1.63. The average Bonchev–Trinajstić information content (AvgIpc) is 3.61. The number of benzene rings is 3. The van der Waals surface area contributed by atoms with Crippen molar-refractivity contribution in [3.8, 4) is 22.6 Å². The Morgan fingerprint density at radius 3 is 2.30 bits per heavy atom. The summed E-state index contributed by atoms with van der Waals surface area (Å²) in [5.74, 6) is 1.30. The number of nitrogens with two attached hydrogens (primary N) is 1. The van der Waals surface area contributed by atoms with E-state index in [0.29, 0.717) is 18.0 Å². The zero-order valence-electron chi connectivity index (χ0n) is 17.3. The fourth-order valence-electron chi connectivity index (χ4n) is 3.77. The van der Waals surface area contributed by atoms with Gasteiger partial charge in [0.15, 0.2) is 11.5 Å². The molecule has 0 spiro atoms. The summed E-state index contributed by atoms with van der Waals surface area (Å²) in [6, 6.07) is 21.8. The number of hydrogen-bond donors (Lipinski definition) is 2. The average molecular weight is 402 g/mol. The largest absolute Gasteiger partial charge is 0.493 e. The number of ether oxygens (including phenoxy) is 2. The monoisotopic (exact) mass is 402 g/mol. The van der Waals surface area contributed by atoms with E-state index < -0.39 is 5.41 Å². The van der Waals surface area contributed by atoms with Gasteiger partial charge in [-0.1, -0.05) is 42.5 Å². The minimum absolute atomic E-state index is 0.00495. The van der Waals surface area contributed by atoms with Crippen LogP contribution in [0, 0.1) is 0 Å². The van der Waals surface area contributed by atoms with Gasteiger partial charge in [0.25, 0.3) is 0 Å². The second-order valence-corrected chi connectivity index (χ2v) is 7.59. The Balaban J connectivity index is 1.55. The van der Waals surface area contributed by atoms with Crippen molar-refractivity contribution in [2.45, 2.75) is 24.8 Å². The predicted molar refractivity (Wildman–Crippen MR) is 119 cm³/mol. The van der Waals surface area contributed by atoms with Crippen LogP contribution in [-0.2, 0) is 16.8 Å². The maximum absolute atomic E-state index is 13.2. The summed E-state index contributed by atoms with van der Waals surface area (Å²) in [4.78, 5) is 13.2. The van der Waals surface area contributed by atoms with Crippen molar-refractivity contribution in [3.05, 3.63) is 77.9 Å². The molecule has 0 aromatic heterocycles. The summed E-state index contributed by atoms with van der Waals surface area (Å²) in [5.41, 5.74) is 10.1. The SMILES string of the molecule is COc1ccc(C2(C(=O)Nc3cccc(-c4ccc(CN)cc4)c3)CC2)cc1OC. The van der Waals surface area contributed by atoms with Crippen LogP contribution in [0.2, 0.25) is 0 Å². The first-order valence-corrected chi connectivity index (χ1v) is 10.0. The van der Waals surface area contributed by atoms with Crippen molar-refractivity contribution in [2.24, 2.45) is 5.73 Å². The van der Waals surface area contributed by atoms with Crippen LogP contribution >= 0.6 is 0 Å². The molecule has 0 unspecified atom stereocenters. The maximum Gasteiger partial charge on any atom is 0.235 e. The van der Waals surface area contributed by atoms with Crippen molar-refractivity contribution < 1.29 is 14.3 Å². The first-order valence-electron chi connectivity index (χ1n) is 10.0. The third-order valence-electron chi connectivity index (χ3n) is 5.76. The lowest BCUT2D eigenvalue weighted by Gasteiger charge is -2.18. The van der Waals surface area contributed by atoms with Gasteiger partial charge in [-0.3, -0.25) is 4.79 Å². The normalized spacial score (nSPS) is 14.1. The molecule has 3 aromatic rings. The molecular formula is C25H26N2O3. The number of methoxy groups -OCH3 is 2. The predicted octanol–water partition coefficient (Wildman–Crippen LogP) is 4.50. The van der Waals surface area contributed by atoms with Gasteiger partial charge in [-0.05, 0) is 59.4 Å². The molecule has 3 aromatic carbocycles. The molecule has 5 nitrogen and oxygen atoms in total. The summed E-state index contributed by atoms with van der Waals surface area (Å²) < 4.78 is 10.7. The van der Waals surface area contributed by atoms with Crippen LogP contribution in [0.25, 0.3) is 11.1 Å². The quantitative estimate of drug-likeness (QED) is 0.610. The molecule has 0 atom stereocenters. The molecule has 3 N–H and O–H groups in total. The van der Waals surface area contributed by atoms with Crippen molar-refractivity contribution >= 4 is 11.6 Å². The lowest BCUT2D eigenvalue weighted by molar-refractivity contribution is -0.118. The fourth-order valence-corrected chi connectivity index (χ4v) is 3.77. The van der Waals surface area contributed by atoms with E-state index in [1.807, 2.05) is 54.6 Å². The first-order chi connectivity index (χ1) is 14.6. The Hall–Kier alpha value is -3.31. The van der Waals surface area contributed by atoms with Gasteiger partial charge in [-0.25, -0.2) is 0 Å². The van der Waals surface area contributed by atoms with Gasteiger partial charge in [-0.15, -0.1) is 0 Å². The fraction of sp³-hybridized carbons (Fsp3) is 0.240. The smallest absolute Gasteiger partial charge is 0.235 e. The van der Waals surface area contributed by atoms with Crippen LogP contribution in [0.1, 0.15) is 24.0 Å².